The quantitative estimate of drug-likeness (QED) is 0.844. The van der Waals surface area contributed by atoms with Crippen molar-refractivity contribution >= 4 is 18.1 Å². The average Bonchev–Trinajstić information content (AvgIpc) is 2.96. The van der Waals surface area contributed by atoms with Crippen LogP contribution in [0.4, 0.5) is 4.79 Å². The Bertz CT molecular complexity index is 663. The number of carboxylic acid groups (broad SMARTS) is 2. The molecule has 0 bridgehead atoms. The molecule has 1 aromatic carbocycles. The normalized spacial score (nSPS) is 26.7. The summed E-state index contributed by atoms with van der Waals surface area (Å²) in [4.78, 5) is 29.7. The lowest BCUT2D eigenvalue weighted by molar-refractivity contribution is -0.144. The Balaban J connectivity index is 1.73. The molecule has 2 aliphatic heterocycles. The maximum atomic E-state index is 11.4. The van der Waals surface area contributed by atoms with Gasteiger partial charge in [0, 0.05) is 13.1 Å². The summed E-state index contributed by atoms with van der Waals surface area (Å²) in [6, 6.07) is 8.85. The van der Waals surface area contributed by atoms with Crippen LogP contribution < -0.4 is 0 Å². The highest BCUT2D eigenvalue weighted by Gasteiger charge is 2.39. The Hall–Kier alpha value is -2.77. The summed E-state index contributed by atoms with van der Waals surface area (Å²) in [5.74, 6) is -1.17. The molecule has 3 rings (SSSR count). The van der Waals surface area contributed by atoms with Crippen LogP contribution in [0.1, 0.15) is 18.6 Å². The van der Waals surface area contributed by atoms with Crippen LogP contribution in [0.5, 0.6) is 0 Å². The molecule has 1 aromatic rings. The first-order valence-corrected chi connectivity index (χ1v) is 7.74. The predicted octanol–water partition coefficient (Wildman–Crippen LogP) is 1.25. The van der Waals surface area contributed by atoms with Crippen molar-refractivity contribution in [2.24, 2.45) is 4.99 Å². The molecule has 128 valence electrons. The van der Waals surface area contributed by atoms with Crippen molar-refractivity contribution in [2.75, 3.05) is 19.6 Å². The second-order valence-electron chi connectivity index (χ2n) is 5.88. The lowest BCUT2D eigenvalue weighted by Gasteiger charge is -2.38. The molecule has 8 heteroatoms. The Morgan fingerprint density at radius 1 is 1.21 bits per heavy atom. The van der Waals surface area contributed by atoms with Gasteiger partial charge in [-0.2, -0.15) is 0 Å². The maximum absolute atomic E-state index is 11.4. The molecule has 0 unspecified atom stereocenters. The second kappa shape index (κ2) is 6.38. The van der Waals surface area contributed by atoms with Crippen molar-refractivity contribution in [3.8, 4) is 0 Å². The molecule has 2 heterocycles. The summed E-state index contributed by atoms with van der Waals surface area (Å²) in [5.41, 5.74) is 1.00. The summed E-state index contributed by atoms with van der Waals surface area (Å²) in [6.45, 7) is 2.41. The molecular weight excluding hydrogens is 314 g/mol. The van der Waals surface area contributed by atoms with Crippen molar-refractivity contribution in [3.63, 3.8) is 0 Å². The van der Waals surface area contributed by atoms with Crippen LogP contribution in [0.15, 0.2) is 35.3 Å². The van der Waals surface area contributed by atoms with Gasteiger partial charge < -0.3 is 19.8 Å². The molecule has 8 nitrogen and oxygen atoms in total. The van der Waals surface area contributed by atoms with E-state index in [2.05, 4.69) is 4.99 Å². The molecule has 2 N–H and O–H groups in total. The first-order chi connectivity index (χ1) is 11.5. The van der Waals surface area contributed by atoms with E-state index in [4.69, 9.17) is 9.84 Å². The highest BCUT2D eigenvalue weighted by Crippen LogP contribution is 2.30. The monoisotopic (exact) mass is 333 g/mol. The van der Waals surface area contributed by atoms with Gasteiger partial charge >= 0.3 is 12.1 Å². The highest BCUT2D eigenvalue weighted by atomic mass is 16.5. The predicted molar refractivity (Wildman–Crippen MR) is 84.9 cm³/mol. The fourth-order valence-corrected chi connectivity index (χ4v) is 3.03. The number of aliphatic carboxylic acids is 1. The number of carboxylic acids is 1. The molecule has 0 aromatic heterocycles. The maximum Gasteiger partial charge on any atom is 0.408 e. The van der Waals surface area contributed by atoms with Gasteiger partial charge in [-0.15, -0.1) is 0 Å². The lowest BCUT2D eigenvalue weighted by atomic mass is 10.0. The van der Waals surface area contributed by atoms with Crippen molar-refractivity contribution in [2.45, 2.75) is 25.1 Å². The zero-order chi connectivity index (χ0) is 17.3. The van der Waals surface area contributed by atoms with E-state index >= 15 is 0 Å². The van der Waals surface area contributed by atoms with Crippen molar-refractivity contribution in [3.05, 3.63) is 35.9 Å². The Kier molecular flexibility index (Phi) is 4.28. The first-order valence-electron chi connectivity index (χ1n) is 7.74. The number of benzene rings is 1. The lowest BCUT2D eigenvalue weighted by Crippen LogP contribution is -2.59. The molecule has 0 saturated carbocycles. The SMILES string of the molecule is C[C@@H]1N=C(N2CCN(C(=O)O)[C@H](C(=O)O)C2)O[C@H]1c1ccccc1. The van der Waals surface area contributed by atoms with E-state index in [0.29, 0.717) is 12.6 Å². The summed E-state index contributed by atoms with van der Waals surface area (Å²) < 4.78 is 5.94. The highest BCUT2D eigenvalue weighted by molar-refractivity contribution is 5.82. The van der Waals surface area contributed by atoms with Crippen LogP contribution in [-0.2, 0) is 9.53 Å². The molecule has 0 radical (unpaired) electrons. The van der Waals surface area contributed by atoms with E-state index in [1.165, 1.54) is 0 Å². The van der Waals surface area contributed by atoms with E-state index < -0.39 is 18.1 Å². The molecule has 0 spiro atoms. The molecule has 24 heavy (non-hydrogen) atoms. The molecule has 1 amide bonds. The molecule has 2 aliphatic rings. The number of amides is 1. The van der Waals surface area contributed by atoms with E-state index in [9.17, 15) is 14.7 Å². The van der Waals surface area contributed by atoms with E-state index in [1.54, 1.807) is 4.90 Å². The van der Waals surface area contributed by atoms with Crippen LogP contribution in [0.3, 0.4) is 0 Å². The number of ether oxygens (including phenoxy) is 1. The summed E-state index contributed by atoms with van der Waals surface area (Å²) in [6.07, 6.45) is -1.45. The molecular formula is C16H19N3O5. The minimum absolute atomic E-state index is 0.0225. The van der Waals surface area contributed by atoms with Gasteiger partial charge in [-0.05, 0) is 12.5 Å². The number of hydrogen-bond acceptors (Lipinski definition) is 5. The third-order valence-electron chi connectivity index (χ3n) is 4.29. The largest absolute Gasteiger partial charge is 0.480 e. The van der Waals surface area contributed by atoms with E-state index in [0.717, 1.165) is 10.5 Å². The number of rotatable bonds is 2. The average molecular weight is 333 g/mol. The van der Waals surface area contributed by atoms with E-state index in [-0.39, 0.29) is 25.2 Å². The molecule has 3 atom stereocenters. The third-order valence-corrected chi connectivity index (χ3v) is 4.29. The third kappa shape index (κ3) is 2.99. The van der Waals surface area contributed by atoms with Gasteiger partial charge in [0.1, 0.15) is 6.10 Å². The molecule has 1 fully saturated rings. The standard InChI is InChI=1S/C16H19N3O5/c1-10-13(11-5-3-2-4-6-11)24-15(17-10)18-7-8-19(16(22)23)12(9-18)14(20)21/h2-6,10,12-13H,7-9H2,1H3,(H,20,21)(H,22,23)/t10-,12-,13+/m0/s1. The van der Waals surface area contributed by atoms with Gasteiger partial charge in [0.05, 0.1) is 12.6 Å². The van der Waals surface area contributed by atoms with Gasteiger partial charge in [-0.25, -0.2) is 14.6 Å². The van der Waals surface area contributed by atoms with Crippen LogP contribution in [0.2, 0.25) is 0 Å². The topological polar surface area (TPSA) is 103 Å². The zero-order valence-electron chi connectivity index (χ0n) is 13.2. The minimum atomic E-state index is -1.23. The number of carbonyl (C=O) groups is 2. The molecule has 0 aliphatic carbocycles. The Morgan fingerprint density at radius 3 is 2.54 bits per heavy atom. The van der Waals surface area contributed by atoms with Crippen LogP contribution >= 0.6 is 0 Å². The van der Waals surface area contributed by atoms with Crippen molar-refractivity contribution in [1.29, 1.82) is 0 Å². The van der Waals surface area contributed by atoms with Gasteiger partial charge in [0.25, 0.3) is 6.02 Å². The van der Waals surface area contributed by atoms with Gasteiger partial charge in [0.15, 0.2) is 6.04 Å². The van der Waals surface area contributed by atoms with Gasteiger partial charge in [-0.3, -0.25) is 4.90 Å². The van der Waals surface area contributed by atoms with Crippen molar-refractivity contribution in [1.82, 2.24) is 9.80 Å². The minimum Gasteiger partial charge on any atom is -0.480 e. The smallest absolute Gasteiger partial charge is 0.408 e. The summed E-state index contributed by atoms with van der Waals surface area (Å²) >= 11 is 0. The summed E-state index contributed by atoms with van der Waals surface area (Å²) in [5, 5.41) is 18.4. The fraction of sp³-hybridized carbons (Fsp3) is 0.438. The van der Waals surface area contributed by atoms with Gasteiger partial charge in [0.2, 0.25) is 0 Å². The van der Waals surface area contributed by atoms with Crippen LogP contribution in [-0.4, -0.2) is 69.8 Å². The number of aliphatic imine (C=N–C) groups is 1. The molecule has 1 saturated heterocycles. The fourth-order valence-electron chi connectivity index (χ4n) is 3.03. The second-order valence-corrected chi connectivity index (χ2v) is 5.88. The summed E-state index contributed by atoms with van der Waals surface area (Å²) in [7, 11) is 0. The number of nitrogens with zero attached hydrogens (tertiary/aromatic N) is 3. The Labute approximate surface area is 139 Å². The van der Waals surface area contributed by atoms with Crippen molar-refractivity contribution < 1.29 is 24.5 Å². The number of hydrogen-bond donors (Lipinski definition) is 2. The van der Waals surface area contributed by atoms with Crippen LogP contribution in [0, 0.1) is 0 Å². The number of amidine groups is 1. The first kappa shape index (κ1) is 16.1. The van der Waals surface area contributed by atoms with Gasteiger partial charge in [-0.1, -0.05) is 30.3 Å². The number of piperazine rings is 1. The van der Waals surface area contributed by atoms with E-state index in [1.807, 2.05) is 37.3 Å². The zero-order valence-corrected chi connectivity index (χ0v) is 13.2. The van der Waals surface area contributed by atoms with Crippen LogP contribution in [0.25, 0.3) is 0 Å². The Morgan fingerprint density at radius 2 is 1.92 bits per heavy atom.